The summed E-state index contributed by atoms with van der Waals surface area (Å²) >= 11 is 1.77. The van der Waals surface area contributed by atoms with E-state index >= 15 is 0 Å². The summed E-state index contributed by atoms with van der Waals surface area (Å²) in [6.45, 7) is 4.48. The molecule has 2 atom stereocenters. The summed E-state index contributed by atoms with van der Waals surface area (Å²) < 4.78 is 1.26. The van der Waals surface area contributed by atoms with Crippen LogP contribution in [0.1, 0.15) is 31.7 Å². The maximum atomic E-state index is 6.17. The standard InChI is InChI=1S/C14H20N2S/c1-3-10(2)8-11(15)9-14-16-12-6-4-5-7-13(12)17-14/h4-7,10-11H,3,8-9,15H2,1-2H3. The van der Waals surface area contributed by atoms with E-state index in [1.807, 2.05) is 6.07 Å². The zero-order valence-electron chi connectivity index (χ0n) is 10.5. The molecule has 92 valence electrons. The van der Waals surface area contributed by atoms with Gasteiger partial charge in [-0.3, -0.25) is 0 Å². The number of nitrogens with zero attached hydrogens (tertiary/aromatic N) is 1. The first-order valence-electron chi connectivity index (χ1n) is 6.29. The van der Waals surface area contributed by atoms with Crippen molar-refractivity contribution < 1.29 is 0 Å². The highest BCUT2D eigenvalue weighted by atomic mass is 32.1. The second-order valence-corrected chi connectivity index (χ2v) is 5.90. The lowest BCUT2D eigenvalue weighted by Gasteiger charge is -2.14. The molecule has 0 radical (unpaired) electrons. The van der Waals surface area contributed by atoms with Gasteiger partial charge in [-0.1, -0.05) is 32.4 Å². The number of benzene rings is 1. The van der Waals surface area contributed by atoms with E-state index in [1.54, 1.807) is 11.3 Å². The Bertz CT molecular complexity index is 445. The van der Waals surface area contributed by atoms with Crippen LogP contribution in [-0.2, 0) is 6.42 Å². The minimum absolute atomic E-state index is 0.241. The Morgan fingerprint density at radius 1 is 1.35 bits per heavy atom. The van der Waals surface area contributed by atoms with Crippen LogP contribution in [0.15, 0.2) is 24.3 Å². The van der Waals surface area contributed by atoms with E-state index in [-0.39, 0.29) is 6.04 Å². The molecule has 0 saturated heterocycles. The molecule has 2 rings (SSSR count). The van der Waals surface area contributed by atoms with Crippen molar-refractivity contribution in [1.82, 2.24) is 4.98 Å². The van der Waals surface area contributed by atoms with Gasteiger partial charge in [-0.25, -0.2) is 4.98 Å². The van der Waals surface area contributed by atoms with E-state index in [4.69, 9.17) is 5.73 Å². The molecule has 0 saturated carbocycles. The summed E-state index contributed by atoms with van der Waals surface area (Å²) in [5.74, 6) is 0.708. The third-order valence-electron chi connectivity index (χ3n) is 3.18. The molecule has 2 unspecified atom stereocenters. The zero-order chi connectivity index (χ0) is 12.3. The number of para-hydroxylation sites is 1. The van der Waals surface area contributed by atoms with Gasteiger partial charge in [-0.15, -0.1) is 11.3 Å². The third kappa shape index (κ3) is 3.27. The number of thiazole rings is 1. The molecule has 0 amide bonds. The lowest BCUT2D eigenvalue weighted by molar-refractivity contribution is 0.450. The van der Waals surface area contributed by atoms with Crippen molar-refractivity contribution in [3.8, 4) is 0 Å². The normalized spacial score (nSPS) is 15.0. The average molecular weight is 248 g/mol. The summed E-state index contributed by atoms with van der Waals surface area (Å²) in [7, 11) is 0. The van der Waals surface area contributed by atoms with Crippen LogP contribution in [0.2, 0.25) is 0 Å². The van der Waals surface area contributed by atoms with Gasteiger partial charge in [0.2, 0.25) is 0 Å². The molecule has 17 heavy (non-hydrogen) atoms. The fourth-order valence-corrected chi connectivity index (χ4v) is 3.06. The summed E-state index contributed by atoms with van der Waals surface area (Å²) in [6, 6.07) is 8.52. The Kier molecular flexibility index (Phi) is 4.13. The Labute approximate surface area is 107 Å². The Hall–Kier alpha value is -0.930. The molecule has 2 N–H and O–H groups in total. The van der Waals surface area contributed by atoms with Crippen molar-refractivity contribution in [2.45, 2.75) is 39.2 Å². The van der Waals surface area contributed by atoms with Crippen LogP contribution in [0, 0.1) is 5.92 Å². The number of fused-ring (bicyclic) bond motifs is 1. The second-order valence-electron chi connectivity index (χ2n) is 4.79. The van der Waals surface area contributed by atoms with Crippen molar-refractivity contribution in [1.29, 1.82) is 0 Å². The third-order valence-corrected chi connectivity index (χ3v) is 4.24. The lowest BCUT2D eigenvalue weighted by Crippen LogP contribution is -2.25. The van der Waals surface area contributed by atoms with E-state index in [1.165, 1.54) is 16.1 Å². The number of hydrogen-bond donors (Lipinski definition) is 1. The van der Waals surface area contributed by atoms with Crippen LogP contribution in [-0.4, -0.2) is 11.0 Å². The highest BCUT2D eigenvalue weighted by Crippen LogP contribution is 2.23. The van der Waals surface area contributed by atoms with E-state index in [0.717, 1.165) is 18.4 Å². The summed E-state index contributed by atoms with van der Waals surface area (Å²) in [5.41, 5.74) is 7.27. The molecular formula is C14H20N2S. The average Bonchev–Trinajstić information content (AvgIpc) is 2.70. The van der Waals surface area contributed by atoms with Crippen molar-refractivity contribution in [3.05, 3.63) is 29.3 Å². The van der Waals surface area contributed by atoms with Gasteiger partial charge < -0.3 is 5.73 Å². The molecule has 0 spiro atoms. The van der Waals surface area contributed by atoms with Gasteiger partial charge in [0, 0.05) is 12.5 Å². The van der Waals surface area contributed by atoms with Crippen molar-refractivity contribution in [3.63, 3.8) is 0 Å². The molecule has 0 bridgehead atoms. The molecule has 0 aliphatic heterocycles. The van der Waals surface area contributed by atoms with Crippen LogP contribution < -0.4 is 5.73 Å². The molecule has 0 aliphatic rings. The smallest absolute Gasteiger partial charge is 0.0954 e. The van der Waals surface area contributed by atoms with Crippen molar-refractivity contribution >= 4 is 21.6 Å². The van der Waals surface area contributed by atoms with Gasteiger partial charge in [-0.2, -0.15) is 0 Å². The number of nitrogens with two attached hydrogens (primary N) is 1. The van der Waals surface area contributed by atoms with Gasteiger partial charge in [0.1, 0.15) is 0 Å². The van der Waals surface area contributed by atoms with E-state index in [9.17, 15) is 0 Å². The molecule has 0 aliphatic carbocycles. The molecule has 1 aromatic heterocycles. The topological polar surface area (TPSA) is 38.9 Å². The van der Waals surface area contributed by atoms with Crippen LogP contribution in [0.5, 0.6) is 0 Å². The first-order chi connectivity index (χ1) is 8.19. The summed E-state index contributed by atoms with van der Waals surface area (Å²) in [4.78, 5) is 4.62. The molecule has 2 aromatic rings. The molecule has 1 heterocycles. The predicted molar refractivity (Wildman–Crippen MR) is 75.4 cm³/mol. The van der Waals surface area contributed by atoms with Crippen molar-refractivity contribution in [2.24, 2.45) is 11.7 Å². The number of aromatic nitrogens is 1. The van der Waals surface area contributed by atoms with Crippen LogP contribution >= 0.6 is 11.3 Å². The SMILES string of the molecule is CCC(C)CC(N)Cc1nc2ccccc2s1. The zero-order valence-corrected chi connectivity index (χ0v) is 11.3. The van der Waals surface area contributed by atoms with Crippen molar-refractivity contribution in [2.75, 3.05) is 0 Å². The highest BCUT2D eigenvalue weighted by molar-refractivity contribution is 7.18. The van der Waals surface area contributed by atoms with E-state index in [2.05, 4.69) is 37.0 Å². The van der Waals surface area contributed by atoms with Crippen LogP contribution in [0.25, 0.3) is 10.2 Å². The van der Waals surface area contributed by atoms with Crippen LogP contribution in [0.4, 0.5) is 0 Å². The number of hydrogen-bond acceptors (Lipinski definition) is 3. The van der Waals surface area contributed by atoms with Crippen LogP contribution in [0.3, 0.4) is 0 Å². The predicted octanol–water partition coefficient (Wildman–Crippen LogP) is 3.60. The maximum absolute atomic E-state index is 6.17. The molecule has 0 fully saturated rings. The lowest BCUT2D eigenvalue weighted by atomic mass is 9.98. The minimum atomic E-state index is 0.241. The molecular weight excluding hydrogens is 228 g/mol. The monoisotopic (exact) mass is 248 g/mol. The largest absolute Gasteiger partial charge is 0.327 e. The fraction of sp³-hybridized carbons (Fsp3) is 0.500. The second kappa shape index (κ2) is 5.61. The number of rotatable bonds is 5. The quantitative estimate of drug-likeness (QED) is 0.878. The Morgan fingerprint density at radius 2 is 2.12 bits per heavy atom. The Balaban J connectivity index is 2.03. The first kappa shape index (κ1) is 12.5. The van der Waals surface area contributed by atoms with Gasteiger partial charge in [0.15, 0.2) is 0 Å². The van der Waals surface area contributed by atoms with E-state index < -0.39 is 0 Å². The minimum Gasteiger partial charge on any atom is -0.327 e. The highest BCUT2D eigenvalue weighted by Gasteiger charge is 2.11. The maximum Gasteiger partial charge on any atom is 0.0954 e. The van der Waals surface area contributed by atoms with E-state index in [0.29, 0.717) is 5.92 Å². The Morgan fingerprint density at radius 3 is 2.82 bits per heavy atom. The van der Waals surface area contributed by atoms with Gasteiger partial charge in [0.25, 0.3) is 0 Å². The fourth-order valence-electron chi connectivity index (χ4n) is 2.00. The first-order valence-corrected chi connectivity index (χ1v) is 7.10. The van der Waals surface area contributed by atoms with Gasteiger partial charge in [-0.05, 0) is 24.5 Å². The van der Waals surface area contributed by atoms with Gasteiger partial charge >= 0.3 is 0 Å². The molecule has 3 heteroatoms. The summed E-state index contributed by atoms with van der Waals surface area (Å²) in [6.07, 6.45) is 3.20. The molecule has 2 nitrogen and oxygen atoms in total. The molecule has 1 aromatic carbocycles. The summed E-state index contributed by atoms with van der Waals surface area (Å²) in [5, 5.41) is 1.17. The van der Waals surface area contributed by atoms with Gasteiger partial charge in [0.05, 0.1) is 15.2 Å².